The summed E-state index contributed by atoms with van der Waals surface area (Å²) in [5.74, 6) is 1.13. The monoisotopic (exact) mass is 625 g/mol. The number of hydrogen-bond acceptors (Lipinski definition) is 9. The maximum absolute atomic E-state index is 13.4. The highest BCUT2D eigenvalue weighted by Crippen LogP contribution is 2.34. The first kappa shape index (κ1) is 29.7. The summed E-state index contributed by atoms with van der Waals surface area (Å²) >= 11 is 1.36. The predicted molar refractivity (Wildman–Crippen MR) is 159 cm³/mol. The predicted octanol–water partition coefficient (Wildman–Crippen LogP) is 5.86. The van der Waals surface area contributed by atoms with E-state index in [-0.39, 0.29) is 19.2 Å². The van der Waals surface area contributed by atoms with Gasteiger partial charge in [0.1, 0.15) is 10.7 Å². The molecule has 3 aromatic carbocycles. The number of nitrogens with zero attached hydrogens (tertiary/aromatic N) is 4. The lowest BCUT2D eigenvalue weighted by molar-refractivity contribution is -0.137. The van der Waals surface area contributed by atoms with Gasteiger partial charge in [0.25, 0.3) is 5.91 Å². The number of benzene rings is 3. The van der Waals surface area contributed by atoms with Gasteiger partial charge in [-0.2, -0.15) is 13.2 Å². The van der Waals surface area contributed by atoms with Gasteiger partial charge in [0, 0.05) is 50.3 Å². The number of halogens is 3. The zero-order chi connectivity index (χ0) is 30.7. The van der Waals surface area contributed by atoms with E-state index in [0.29, 0.717) is 72.7 Å². The highest BCUT2D eigenvalue weighted by molar-refractivity contribution is 7.09. The average Bonchev–Trinajstić information content (AvgIpc) is 3.70. The zero-order valence-corrected chi connectivity index (χ0v) is 24.4. The average molecular weight is 626 g/mol. The van der Waals surface area contributed by atoms with Crippen LogP contribution < -0.4 is 19.9 Å². The summed E-state index contributed by atoms with van der Waals surface area (Å²) in [7, 11) is 0. The fourth-order valence-electron chi connectivity index (χ4n) is 5.32. The van der Waals surface area contributed by atoms with Crippen LogP contribution in [0.2, 0.25) is 0 Å². The van der Waals surface area contributed by atoms with Crippen molar-refractivity contribution < 1.29 is 32.6 Å². The number of carbonyl (C=O) groups is 1. The van der Waals surface area contributed by atoms with Crippen molar-refractivity contribution in [1.82, 2.24) is 14.8 Å². The van der Waals surface area contributed by atoms with Gasteiger partial charge in [-0.1, -0.05) is 24.3 Å². The van der Waals surface area contributed by atoms with E-state index in [1.807, 2.05) is 35.2 Å². The normalized spacial score (nSPS) is 14.8. The van der Waals surface area contributed by atoms with E-state index in [1.54, 1.807) is 28.5 Å². The van der Waals surface area contributed by atoms with Crippen molar-refractivity contribution in [3.8, 4) is 11.5 Å². The van der Waals surface area contributed by atoms with E-state index in [4.69, 9.17) is 14.7 Å². The first-order chi connectivity index (χ1) is 21.2. The maximum atomic E-state index is 13.4. The number of ether oxygens (including phenoxy) is 2. The Balaban J connectivity index is 1.13. The molecular weight excluding hydrogens is 595 g/mol. The second-order valence-electron chi connectivity index (χ2n) is 10.6. The number of fused-ring (bicyclic) bond motifs is 1. The molecule has 0 radical (unpaired) electrons. The van der Waals surface area contributed by atoms with Crippen LogP contribution in [0.15, 0.2) is 72.1 Å². The molecule has 3 heterocycles. The minimum atomic E-state index is -4.43. The first-order valence-corrected chi connectivity index (χ1v) is 14.9. The lowest BCUT2D eigenvalue weighted by atomic mass is 10.1. The van der Waals surface area contributed by atoms with Crippen LogP contribution in [0.4, 0.5) is 24.5 Å². The Labute approximate surface area is 256 Å². The van der Waals surface area contributed by atoms with Crippen molar-refractivity contribution in [2.24, 2.45) is 0 Å². The Morgan fingerprint density at radius 1 is 0.932 bits per heavy atom. The number of anilines is 2. The second-order valence-corrected chi connectivity index (χ2v) is 11.5. The highest BCUT2D eigenvalue weighted by Gasteiger charge is 2.30. The summed E-state index contributed by atoms with van der Waals surface area (Å²) in [6.07, 6.45) is -4.43. The third-order valence-electron chi connectivity index (χ3n) is 7.56. The van der Waals surface area contributed by atoms with E-state index in [2.05, 4.69) is 15.4 Å². The fourth-order valence-corrected chi connectivity index (χ4v) is 6.13. The molecule has 0 bridgehead atoms. The van der Waals surface area contributed by atoms with Crippen LogP contribution in [0.3, 0.4) is 0 Å². The minimum Gasteiger partial charge on any atom is -0.454 e. The van der Waals surface area contributed by atoms with E-state index in [0.717, 1.165) is 17.3 Å². The van der Waals surface area contributed by atoms with Gasteiger partial charge in [-0.15, -0.1) is 11.3 Å². The van der Waals surface area contributed by atoms with Gasteiger partial charge < -0.3 is 19.3 Å². The Morgan fingerprint density at radius 3 is 2.39 bits per heavy atom. The van der Waals surface area contributed by atoms with Gasteiger partial charge in [-0.05, 0) is 53.6 Å². The van der Waals surface area contributed by atoms with Gasteiger partial charge in [-0.25, -0.2) is 4.98 Å². The van der Waals surface area contributed by atoms with E-state index in [1.165, 1.54) is 23.5 Å². The molecule has 0 aliphatic carbocycles. The number of amides is 1. The molecule has 1 fully saturated rings. The summed E-state index contributed by atoms with van der Waals surface area (Å²) in [6, 6.07) is 18.3. The minimum absolute atomic E-state index is 0.146. The molecule has 0 spiro atoms. The maximum Gasteiger partial charge on any atom is 0.416 e. The molecule has 2 aliphatic heterocycles. The van der Waals surface area contributed by atoms with Crippen LogP contribution in [0.5, 0.6) is 11.5 Å². The van der Waals surface area contributed by atoms with E-state index >= 15 is 0 Å². The van der Waals surface area contributed by atoms with Crippen LogP contribution >= 0.6 is 11.3 Å². The molecule has 230 valence electrons. The summed E-state index contributed by atoms with van der Waals surface area (Å²) in [5.41, 5.74) is 4.83. The Bertz CT molecular complexity index is 1610. The number of piperazine rings is 1. The number of nitrogens with one attached hydrogen (secondary N) is 1. The summed E-state index contributed by atoms with van der Waals surface area (Å²) in [4.78, 5) is 23.9. The molecule has 9 nitrogen and oxygen atoms in total. The number of alkyl halides is 3. The van der Waals surface area contributed by atoms with E-state index in [9.17, 15) is 18.0 Å². The van der Waals surface area contributed by atoms with Crippen molar-refractivity contribution in [3.05, 3.63) is 99.5 Å². The number of rotatable bonds is 9. The molecule has 1 aromatic heterocycles. The number of carbonyl (C=O) groups excluding carboxylic acids is 1. The fraction of sp³-hybridized carbons (Fsp3) is 0.290. The molecule has 0 saturated carbocycles. The van der Waals surface area contributed by atoms with Crippen molar-refractivity contribution in [2.45, 2.75) is 25.8 Å². The molecule has 44 heavy (non-hydrogen) atoms. The lowest BCUT2D eigenvalue weighted by Gasteiger charge is -2.35. The summed E-state index contributed by atoms with van der Waals surface area (Å²) in [6.45, 7) is 3.56. The second kappa shape index (κ2) is 12.7. The van der Waals surface area contributed by atoms with Crippen LogP contribution in [0.1, 0.15) is 32.2 Å². The van der Waals surface area contributed by atoms with Crippen LogP contribution in [0.25, 0.3) is 0 Å². The highest BCUT2D eigenvalue weighted by atomic mass is 32.1. The Morgan fingerprint density at radius 2 is 1.66 bits per heavy atom. The van der Waals surface area contributed by atoms with Crippen molar-refractivity contribution in [3.63, 3.8) is 0 Å². The topological polar surface area (TPSA) is 90.4 Å². The molecular formula is C31H30F3N5O4S. The molecule has 1 amide bonds. The standard InChI is InChI=1S/C31H30F3N5O4S/c32-31(33,34)23-3-1-2-21(14-23)16-37(17-22-4-9-27-28(15-22)43-20-42-27)18-29-35-26(19-44-29)30(40)39-12-10-38(11-13-39)25-7-5-24(36-41)6-8-25/h1-9,14-15,19,36,41H,10-13,16-18,20H2. The third-order valence-corrected chi connectivity index (χ3v) is 8.40. The van der Waals surface area contributed by atoms with Crippen LogP contribution in [0, 0.1) is 0 Å². The lowest BCUT2D eigenvalue weighted by Crippen LogP contribution is -2.48. The van der Waals surface area contributed by atoms with Crippen molar-refractivity contribution in [2.75, 3.05) is 43.4 Å². The number of thiazole rings is 1. The van der Waals surface area contributed by atoms with Crippen LogP contribution in [-0.2, 0) is 25.8 Å². The van der Waals surface area contributed by atoms with E-state index < -0.39 is 11.7 Å². The Kier molecular flexibility index (Phi) is 8.60. The molecule has 1 saturated heterocycles. The number of hydrogen-bond donors (Lipinski definition) is 2. The first-order valence-electron chi connectivity index (χ1n) is 14.0. The van der Waals surface area contributed by atoms with Gasteiger partial charge in [-0.3, -0.25) is 20.4 Å². The quantitative estimate of drug-likeness (QED) is 0.224. The summed E-state index contributed by atoms with van der Waals surface area (Å²) in [5, 5.41) is 11.5. The molecule has 6 rings (SSSR count). The molecule has 2 aliphatic rings. The van der Waals surface area contributed by atoms with Gasteiger partial charge in [0.2, 0.25) is 6.79 Å². The van der Waals surface area contributed by atoms with Gasteiger partial charge in [0.05, 0.1) is 17.8 Å². The number of aromatic nitrogens is 1. The smallest absolute Gasteiger partial charge is 0.416 e. The zero-order valence-electron chi connectivity index (χ0n) is 23.6. The SMILES string of the molecule is O=C(c1csc(CN(Cc2cccc(C(F)(F)F)c2)Cc2ccc3c(c2)OCO3)n1)N1CCN(c2ccc(NO)cc2)CC1. The van der Waals surface area contributed by atoms with Gasteiger partial charge >= 0.3 is 6.18 Å². The molecule has 13 heteroatoms. The third kappa shape index (κ3) is 6.90. The molecule has 2 N–H and O–H groups in total. The molecule has 4 aromatic rings. The van der Waals surface area contributed by atoms with Crippen LogP contribution in [-0.4, -0.2) is 58.9 Å². The Hall–Kier alpha value is -4.33. The largest absolute Gasteiger partial charge is 0.454 e. The van der Waals surface area contributed by atoms with Gasteiger partial charge in [0.15, 0.2) is 11.5 Å². The van der Waals surface area contributed by atoms with Crippen molar-refractivity contribution in [1.29, 1.82) is 0 Å². The summed E-state index contributed by atoms with van der Waals surface area (Å²) < 4.78 is 51.1. The molecule has 0 atom stereocenters. The molecule has 0 unspecified atom stereocenters. The van der Waals surface area contributed by atoms with Crippen molar-refractivity contribution >= 4 is 28.6 Å².